The number of alkyl halides is 2. The van der Waals surface area contributed by atoms with E-state index in [4.69, 9.17) is 23.2 Å². The summed E-state index contributed by atoms with van der Waals surface area (Å²) in [6, 6.07) is 0. The van der Waals surface area contributed by atoms with E-state index >= 15 is 0 Å². The van der Waals surface area contributed by atoms with Gasteiger partial charge in [-0.15, -0.1) is 23.2 Å². The predicted octanol–water partition coefficient (Wildman–Crippen LogP) is 1.91. The monoisotopic (exact) mass is 346 g/mol. The van der Waals surface area contributed by atoms with Gasteiger partial charge in [0.05, 0.1) is 11.5 Å². The molecule has 4 atom stereocenters. The van der Waals surface area contributed by atoms with Crippen molar-refractivity contribution in [3.8, 4) is 0 Å². The lowest BCUT2D eigenvalue weighted by atomic mass is 9.65. The summed E-state index contributed by atoms with van der Waals surface area (Å²) in [6.07, 6.45) is 3.71. The average molecular weight is 347 g/mol. The molecular formula is C11H16Cl2O4S2. The van der Waals surface area contributed by atoms with Gasteiger partial charge in [0.15, 0.2) is 19.7 Å². The van der Waals surface area contributed by atoms with Gasteiger partial charge < -0.3 is 0 Å². The second-order valence-corrected chi connectivity index (χ2v) is 11.7. The molecule has 0 bridgehead atoms. The fourth-order valence-electron chi connectivity index (χ4n) is 4.35. The van der Waals surface area contributed by atoms with Crippen molar-refractivity contribution in [1.29, 1.82) is 0 Å². The highest BCUT2D eigenvalue weighted by molar-refractivity contribution is 7.95. The van der Waals surface area contributed by atoms with Crippen LogP contribution in [0, 0.1) is 10.8 Å². The van der Waals surface area contributed by atoms with E-state index in [1.54, 1.807) is 0 Å². The summed E-state index contributed by atoms with van der Waals surface area (Å²) in [6.45, 7) is 0. The number of hydrogen-bond donors (Lipinski definition) is 0. The summed E-state index contributed by atoms with van der Waals surface area (Å²) in [7, 11) is -6.94. The average Bonchev–Trinajstić information content (AvgIpc) is 2.52. The Morgan fingerprint density at radius 2 is 1.11 bits per heavy atom. The van der Waals surface area contributed by atoms with Crippen LogP contribution in [0.2, 0.25) is 0 Å². The van der Waals surface area contributed by atoms with Crippen molar-refractivity contribution in [2.75, 3.05) is 11.5 Å². The predicted molar refractivity (Wildman–Crippen MR) is 74.8 cm³/mol. The largest absolute Gasteiger partial charge is 0.227 e. The molecular weight excluding hydrogens is 331 g/mol. The van der Waals surface area contributed by atoms with E-state index in [-0.39, 0.29) is 11.5 Å². The highest BCUT2D eigenvalue weighted by Gasteiger charge is 2.75. The van der Waals surface area contributed by atoms with Crippen molar-refractivity contribution in [2.45, 2.75) is 41.5 Å². The van der Waals surface area contributed by atoms with Crippen LogP contribution in [0.25, 0.3) is 0 Å². The molecule has 110 valence electrons. The molecule has 0 amide bonds. The number of rotatable bonds is 0. The third-order valence-electron chi connectivity index (χ3n) is 5.15. The summed E-state index contributed by atoms with van der Waals surface area (Å²) >= 11 is 12.4. The lowest BCUT2D eigenvalue weighted by molar-refractivity contribution is 0.130. The molecule has 0 unspecified atom stereocenters. The fourth-order valence-corrected chi connectivity index (χ4v) is 11.1. The Morgan fingerprint density at radius 3 is 1.47 bits per heavy atom. The molecule has 4 nitrogen and oxygen atoms in total. The van der Waals surface area contributed by atoms with Gasteiger partial charge in [-0.2, -0.15) is 0 Å². The third-order valence-corrected chi connectivity index (χ3v) is 11.6. The van der Waals surface area contributed by atoms with Crippen molar-refractivity contribution in [3.05, 3.63) is 0 Å². The van der Waals surface area contributed by atoms with Crippen LogP contribution >= 0.6 is 23.2 Å². The normalized spacial score (nSPS) is 51.3. The lowest BCUT2D eigenvalue weighted by Crippen LogP contribution is -2.43. The van der Waals surface area contributed by atoms with Gasteiger partial charge in [-0.1, -0.05) is 19.3 Å². The summed E-state index contributed by atoms with van der Waals surface area (Å²) in [5, 5.41) is 0. The van der Waals surface area contributed by atoms with E-state index in [0.29, 0.717) is 12.8 Å². The first kappa shape index (κ1) is 14.4. The van der Waals surface area contributed by atoms with Gasteiger partial charge in [0.25, 0.3) is 0 Å². The van der Waals surface area contributed by atoms with Crippen LogP contribution in [-0.4, -0.2) is 37.8 Å². The molecule has 8 heteroatoms. The molecule has 1 saturated carbocycles. The lowest BCUT2D eigenvalue weighted by Gasteiger charge is -2.39. The van der Waals surface area contributed by atoms with Crippen LogP contribution in [0.5, 0.6) is 0 Å². The zero-order chi connectivity index (χ0) is 14.1. The maximum absolute atomic E-state index is 12.2. The Morgan fingerprint density at radius 1 is 0.737 bits per heavy atom. The molecule has 2 saturated heterocycles. The minimum absolute atomic E-state index is 0.179. The Labute approximate surface area is 123 Å². The zero-order valence-electron chi connectivity index (χ0n) is 10.3. The summed E-state index contributed by atoms with van der Waals surface area (Å²) < 4.78 is 46.6. The molecule has 0 aromatic rings. The minimum atomic E-state index is -3.47. The third kappa shape index (κ3) is 1.63. The van der Waals surface area contributed by atoms with Gasteiger partial charge in [0.2, 0.25) is 0 Å². The first-order chi connectivity index (χ1) is 8.68. The second-order valence-electron chi connectivity index (χ2n) is 6.12. The molecule has 2 heterocycles. The first-order valence-corrected chi connectivity index (χ1v) is 10.7. The van der Waals surface area contributed by atoms with Crippen molar-refractivity contribution in [3.63, 3.8) is 0 Å². The maximum Gasteiger partial charge on any atom is 0.168 e. The smallest absolute Gasteiger partial charge is 0.168 e. The molecule has 3 aliphatic rings. The SMILES string of the molecule is O=S1(=O)C[C@]23CCCCC[C@]2(CS(=O)(=O)[C@H]3Cl)[C@H]1Cl. The first-order valence-electron chi connectivity index (χ1n) is 6.39. The Balaban J connectivity index is 2.27. The van der Waals surface area contributed by atoms with Gasteiger partial charge in [-0.3, -0.25) is 0 Å². The second kappa shape index (κ2) is 4.02. The maximum atomic E-state index is 12.2. The molecule has 0 aromatic carbocycles. The Kier molecular flexibility index (Phi) is 3.05. The summed E-state index contributed by atoms with van der Waals surface area (Å²) in [4.78, 5) is 0. The van der Waals surface area contributed by atoms with Crippen LogP contribution in [0.3, 0.4) is 0 Å². The molecule has 3 fully saturated rings. The van der Waals surface area contributed by atoms with Crippen LogP contribution in [0.1, 0.15) is 32.1 Å². The van der Waals surface area contributed by atoms with E-state index < -0.39 is 39.9 Å². The van der Waals surface area contributed by atoms with Crippen LogP contribution in [0.4, 0.5) is 0 Å². The van der Waals surface area contributed by atoms with E-state index in [0.717, 1.165) is 19.3 Å². The van der Waals surface area contributed by atoms with E-state index in [2.05, 4.69) is 0 Å². The van der Waals surface area contributed by atoms with E-state index in [1.165, 1.54) is 0 Å². The number of hydrogen-bond acceptors (Lipinski definition) is 4. The summed E-state index contributed by atoms with van der Waals surface area (Å²) in [5.74, 6) is -0.358. The zero-order valence-corrected chi connectivity index (χ0v) is 13.5. The molecule has 0 aromatic heterocycles. The van der Waals surface area contributed by atoms with Gasteiger partial charge in [-0.05, 0) is 12.8 Å². The van der Waals surface area contributed by atoms with Crippen LogP contribution < -0.4 is 0 Å². The molecule has 3 rings (SSSR count). The topological polar surface area (TPSA) is 68.3 Å². The van der Waals surface area contributed by atoms with Crippen LogP contribution in [0.15, 0.2) is 0 Å². The van der Waals surface area contributed by atoms with Crippen molar-refractivity contribution < 1.29 is 16.8 Å². The Bertz CT molecular complexity index is 561. The van der Waals surface area contributed by atoms with Crippen molar-refractivity contribution in [1.82, 2.24) is 0 Å². The van der Waals surface area contributed by atoms with Gasteiger partial charge in [0.1, 0.15) is 9.42 Å². The van der Waals surface area contributed by atoms with Crippen molar-refractivity contribution >= 4 is 42.9 Å². The minimum Gasteiger partial charge on any atom is -0.227 e. The highest BCUT2D eigenvalue weighted by Crippen LogP contribution is 2.68. The standard InChI is InChI=1S/C11H16Cl2O4S2/c12-8-10-4-2-1-3-5-11(10,7-19(8,16)17)9(13)18(14,15)6-10/h8-9H,1-7H2/t8-,9+,10-,11-/m0/s1. The summed E-state index contributed by atoms with van der Waals surface area (Å²) in [5.41, 5.74) is -1.76. The number of halogens is 2. The number of sulfone groups is 2. The molecule has 19 heavy (non-hydrogen) atoms. The van der Waals surface area contributed by atoms with Gasteiger partial charge in [-0.25, -0.2) is 16.8 Å². The molecule has 0 radical (unpaired) electrons. The molecule has 1 aliphatic carbocycles. The highest BCUT2D eigenvalue weighted by atomic mass is 35.5. The van der Waals surface area contributed by atoms with Gasteiger partial charge >= 0.3 is 0 Å². The van der Waals surface area contributed by atoms with Gasteiger partial charge in [0, 0.05) is 10.8 Å². The Hall–Kier alpha value is 0.480. The van der Waals surface area contributed by atoms with Crippen LogP contribution in [-0.2, 0) is 19.7 Å². The van der Waals surface area contributed by atoms with Crippen molar-refractivity contribution in [2.24, 2.45) is 10.8 Å². The molecule has 0 spiro atoms. The fraction of sp³-hybridized carbons (Fsp3) is 1.00. The van der Waals surface area contributed by atoms with E-state index in [9.17, 15) is 16.8 Å². The quantitative estimate of drug-likeness (QED) is 0.628. The molecule has 0 N–H and O–H groups in total. The molecule has 2 aliphatic heterocycles. The van der Waals surface area contributed by atoms with E-state index in [1.807, 2.05) is 0 Å².